The van der Waals surface area contributed by atoms with E-state index in [4.69, 9.17) is 0 Å². The summed E-state index contributed by atoms with van der Waals surface area (Å²) in [5.74, 6) is 0.302. The van der Waals surface area contributed by atoms with E-state index >= 15 is 0 Å². The van der Waals surface area contributed by atoms with Crippen LogP contribution >= 0.6 is 11.3 Å². The summed E-state index contributed by atoms with van der Waals surface area (Å²) in [6.07, 6.45) is -2.77. The fraction of sp³-hybridized carbons (Fsp3) is 0.188. The Kier molecular flexibility index (Phi) is 4.58. The van der Waals surface area contributed by atoms with E-state index in [0.29, 0.717) is 17.3 Å². The first-order chi connectivity index (χ1) is 11.9. The highest BCUT2D eigenvalue weighted by Gasteiger charge is 2.29. The number of nitrogens with one attached hydrogen (secondary N) is 2. The van der Waals surface area contributed by atoms with E-state index in [-0.39, 0.29) is 0 Å². The van der Waals surface area contributed by atoms with Crippen LogP contribution in [0.4, 0.5) is 29.9 Å². The lowest BCUT2D eigenvalue weighted by Crippen LogP contribution is -2.04. The maximum Gasteiger partial charge on any atom is 0.416 e. The van der Waals surface area contributed by atoms with Gasteiger partial charge in [-0.05, 0) is 37.3 Å². The summed E-state index contributed by atoms with van der Waals surface area (Å²) < 4.78 is 37.8. The molecule has 0 saturated carbocycles. The summed E-state index contributed by atoms with van der Waals surface area (Å²) in [4.78, 5) is 13.8. The molecule has 0 amide bonds. The van der Waals surface area contributed by atoms with E-state index < -0.39 is 11.7 Å². The zero-order valence-electron chi connectivity index (χ0n) is 13.3. The van der Waals surface area contributed by atoms with Gasteiger partial charge in [0.1, 0.15) is 0 Å². The molecular formula is C16H14F3N5S. The van der Waals surface area contributed by atoms with Crippen LogP contribution in [-0.4, -0.2) is 22.0 Å². The molecule has 5 nitrogen and oxygen atoms in total. The summed E-state index contributed by atoms with van der Waals surface area (Å²) in [6, 6.07) is 6.47. The van der Waals surface area contributed by atoms with Crippen molar-refractivity contribution in [1.29, 1.82) is 0 Å². The molecule has 25 heavy (non-hydrogen) atoms. The Morgan fingerprint density at radius 3 is 2.36 bits per heavy atom. The second-order valence-electron chi connectivity index (χ2n) is 5.15. The van der Waals surface area contributed by atoms with Crippen LogP contribution in [0.3, 0.4) is 0 Å². The number of anilines is 3. The second-order valence-corrected chi connectivity index (χ2v) is 6.15. The van der Waals surface area contributed by atoms with Crippen LogP contribution in [0.25, 0.3) is 10.6 Å². The van der Waals surface area contributed by atoms with Crippen molar-refractivity contribution in [2.75, 3.05) is 17.7 Å². The van der Waals surface area contributed by atoms with Crippen molar-refractivity contribution in [3.63, 3.8) is 0 Å². The van der Waals surface area contributed by atoms with Crippen LogP contribution < -0.4 is 10.6 Å². The molecule has 0 aliphatic rings. The van der Waals surface area contributed by atoms with Crippen molar-refractivity contribution in [3.8, 4) is 10.6 Å². The van der Waals surface area contributed by atoms with E-state index in [2.05, 4.69) is 25.6 Å². The summed E-state index contributed by atoms with van der Waals surface area (Å²) in [5.41, 5.74) is 1.31. The third kappa shape index (κ3) is 3.87. The molecule has 0 saturated heterocycles. The lowest BCUT2D eigenvalue weighted by atomic mass is 10.2. The van der Waals surface area contributed by atoms with Gasteiger partial charge >= 0.3 is 6.18 Å². The molecular weight excluding hydrogens is 351 g/mol. The average Bonchev–Trinajstić information content (AvgIpc) is 2.96. The lowest BCUT2D eigenvalue weighted by molar-refractivity contribution is -0.137. The van der Waals surface area contributed by atoms with Crippen molar-refractivity contribution >= 4 is 28.1 Å². The Hall–Kier alpha value is -2.68. The first-order valence-corrected chi connectivity index (χ1v) is 8.11. The number of halogens is 3. The molecule has 0 unspecified atom stereocenters. The molecule has 0 bridgehead atoms. The Bertz CT molecular complexity index is 874. The number of benzene rings is 1. The van der Waals surface area contributed by atoms with Gasteiger partial charge in [0, 0.05) is 18.9 Å². The molecule has 0 aliphatic heterocycles. The first kappa shape index (κ1) is 17.2. The van der Waals surface area contributed by atoms with Gasteiger partial charge in [-0.2, -0.15) is 13.2 Å². The maximum absolute atomic E-state index is 12.6. The molecule has 130 valence electrons. The summed E-state index contributed by atoms with van der Waals surface area (Å²) >= 11 is 1.47. The minimum Gasteiger partial charge on any atom is -0.365 e. The number of hydrogen-bond acceptors (Lipinski definition) is 6. The number of alkyl halides is 3. The Morgan fingerprint density at radius 2 is 1.76 bits per heavy atom. The van der Waals surface area contributed by atoms with Gasteiger partial charge < -0.3 is 10.6 Å². The van der Waals surface area contributed by atoms with Crippen molar-refractivity contribution in [2.24, 2.45) is 0 Å². The van der Waals surface area contributed by atoms with E-state index in [1.807, 2.05) is 6.92 Å². The van der Waals surface area contributed by atoms with Gasteiger partial charge in [-0.15, -0.1) is 0 Å². The predicted octanol–water partition coefficient (Wildman–Crippen LogP) is 4.71. The number of thiazole rings is 1. The van der Waals surface area contributed by atoms with Crippen molar-refractivity contribution < 1.29 is 13.2 Å². The molecule has 2 aromatic heterocycles. The minimum absolute atomic E-state index is 0.302. The average molecular weight is 365 g/mol. The monoisotopic (exact) mass is 365 g/mol. The third-order valence-corrected chi connectivity index (χ3v) is 4.56. The van der Waals surface area contributed by atoms with Gasteiger partial charge in [-0.25, -0.2) is 15.0 Å². The van der Waals surface area contributed by atoms with Crippen LogP contribution in [0.2, 0.25) is 0 Å². The molecule has 2 heterocycles. The molecule has 0 spiro atoms. The SMILES string of the molecule is CNc1nc(C)c(-c2ccnc(Nc3ccc(C(F)(F)F)cc3)n2)s1. The molecule has 9 heteroatoms. The van der Waals surface area contributed by atoms with Gasteiger partial charge in [-0.1, -0.05) is 11.3 Å². The smallest absolute Gasteiger partial charge is 0.365 e. The van der Waals surface area contributed by atoms with E-state index in [0.717, 1.165) is 27.8 Å². The Labute approximate surface area is 146 Å². The highest BCUT2D eigenvalue weighted by molar-refractivity contribution is 7.19. The normalized spacial score (nSPS) is 11.4. The van der Waals surface area contributed by atoms with E-state index in [9.17, 15) is 13.2 Å². The van der Waals surface area contributed by atoms with Crippen LogP contribution in [-0.2, 0) is 6.18 Å². The molecule has 0 aliphatic carbocycles. The molecule has 3 rings (SSSR count). The molecule has 2 N–H and O–H groups in total. The quantitative estimate of drug-likeness (QED) is 0.701. The number of aromatic nitrogens is 3. The van der Waals surface area contributed by atoms with Crippen molar-refractivity contribution in [1.82, 2.24) is 15.0 Å². The molecule has 0 radical (unpaired) electrons. The van der Waals surface area contributed by atoms with Gasteiger partial charge in [0.05, 0.1) is 21.8 Å². The topological polar surface area (TPSA) is 62.7 Å². The predicted molar refractivity (Wildman–Crippen MR) is 92.2 cm³/mol. The standard InChI is InChI=1S/C16H14F3N5S/c1-9-13(25-15(20-2)22-9)12-7-8-21-14(24-12)23-11-5-3-10(4-6-11)16(17,18)19/h3-8H,1-2H3,(H,20,22)(H,21,23,24). The summed E-state index contributed by atoms with van der Waals surface area (Å²) in [7, 11) is 1.79. The lowest BCUT2D eigenvalue weighted by Gasteiger charge is -2.09. The van der Waals surface area contributed by atoms with Crippen LogP contribution in [0.15, 0.2) is 36.5 Å². The third-order valence-electron chi connectivity index (χ3n) is 3.37. The fourth-order valence-corrected chi connectivity index (χ4v) is 3.05. The zero-order chi connectivity index (χ0) is 18.0. The van der Waals surface area contributed by atoms with Crippen molar-refractivity contribution in [3.05, 3.63) is 47.8 Å². The van der Waals surface area contributed by atoms with Crippen LogP contribution in [0.1, 0.15) is 11.3 Å². The maximum atomic E-state index is 12.6. The van der Waals surface area contributed by atoms with Crippen LogP contribution in [0.5, 0.6) is 0 Å². The largest absolute Gasteiger partial charge is 0.416 e. The van der Waals surface area contributed by atoms with E-state index in [1.54, 1.807) is 19.3 Å². The highest BCUT2D eigenvalue weighted by atomic mass is 32.1. The number of rotatable bonds is 4. The Balaban J connectivity index is 1.83. The molecule has 0 atom stereocenters. The Morgan fingerprint density at radius 1 is 1.04 bits per heavy atom. The molecule has 0 fully saturated rings. The van der Waals surface area contributed by atoms with Gasteiger partial charge in [0.25, 0.3) is 0 Å². The summed E-state index contributed by atoms with van der Waals surface area (Å²) in [6.45, 7) is 1.89. The first-order valence-electron chi connectivity index (χ1n) is 7.29. The fourth-order valence-electron chi connectivity index (χ4n) is 2.16. The number of aryl methyl sites for hydroxylation is 1. The molecule has 1 aromatic carbocycles. The number of hydrogen-bond donors (Lipinski definition) is 2. The zero-order valence-corrected chi connectivity index (χ0v) is 14.2. The minimum atomic E-state index is -4.36. The van der Waals surface area contributed by atoms with Gasteiger partial charge in [0.15, 0.2) is 5.13 Å². The van der Waals surface area contributed by atoms with Crippen molar-refractivity contribution in [2.45, 2.75) is 13.1 Å². The molecule has 3 aromatic rings. The van der Waals surface area contributed by atoms with Crippen LogP contribution in [0, 0.1) is 6.92 Å². The summed E-state index contributed by atoms with van der Waals surface area (Å²) in [5, 5.41) is 6.68. The van der Waals surface area contributed by atoms with Gasteiger partial charge in [-0.3, -0.25) is 0 Å². The van der Waals surface area contributed by atoms with Gasteiger partial charge in [0.2, 0.25) is 5.95 Å². The van der Waals surface area contributed by atoms with E-state index in [1.165, 1.54) is 23.5 Å². The second kappa shape index (κ2) is 6.67. The highest BCUT2D eigenvalue weighted by Crippen LogP contribution is 2.32. The number of nitrogens with zero attached hydrogens (tertiary/aromatic N) is 3.